The predicted molar refractivity (Wildman–Crippen MR) is 101 cm³/mol. The summed E-state index contributed by atoms with van der Waals surface area (Å²) in [5.74, 6) is 0.256. The molecule has 0 bridgehead atoms. The Morgan fingerprint density at radius 2 is 1.85 bits per heavy atom. The fraction of sp³-hybridized carbons (Fsp3) is 0.143. The number of hydrogen-bond acceptors (Lipinski definition) is 3. The molecule has 2 aromatic carbocycles. The molecular weight excluding hydrogens is 347 g/mol. The van der Waals surface area contributed by atoms with Crippen molar-refractivity contribution >= 4 is 17.5 Å². The van der Waals surface area contributed by atoms with Gasteiger partial charge in [0.05, 0.1) is 5.56 Å². The van der Waals surface area contributed by atoms with Crippen LogP contribution in [-0.2, 0) is 11.2 Å². The van der Waals surface area contributed by atoms with Crippen molar-refractivity contribution in [3.8, 4) is 11.3 Å². The Bertz CT molecular complexity index is 965. The fourth-order valence-corrected chi connectivity index (χ4v) is 2.66. The molecule has 1 aromatic heterocycles. The lowest BCUT2D eigenvalue weighted by atomic mass is 10.1. The maximum Gasteiger partial charge on any atom is 0.251 e. The highest BCUT2D eigenvalue weighted by Gasteiger charge is 2.11. The molecule has 2 amide bonds. The zero-order chi connectivity index (χ0) is 19.2. The highest BCUT2D eigenvalue weighted by atomic mass is 19.1. The summed E-state index contributed by atoms with van der Waals surface area (Å²) in [4.78, 5) is 23.8. The normalized spacial score (nSPS) is 10.4. The maximum absolute atomic E-state index is 13.8. The summed E-state index contributed by atoms with van der Waals surface area (Å²) in [6.07, 6.45) is 0.587. The highest BCUT2D eigenvalue weighted by molar-refractivity contribution is 5.97. The number of halogens is 1. The third-order valence-electron chi connectivity index (χ3n) is 4.04. The molecule has 138 valence electrons. The molecular formula is C21H19FN2O3. The minimum absolute atomic E-state index is 0.201. The summed E-state index contributed by atoms with van der Waals surface area (Å²) in [5, 5.41) is 5.30. The van der Waals surface area contributed by atoms with Crippen molar-refractivity contribution in [3.63, 3.8) is 0 Å². The quantitative estimate of drug-likeness (QED) is 0.692. The van der Waals surface area contributed by atoms with Crippen LogP contribution >= 0.6 is 0 Å². The van der Waals surface area contributed by atoms with Crippen molar-refractivity contribution in [1.29, 1.82) is 0 Å². The van der Waals surface area contributed by atoms with Gasteiger partial charge in [-0.05, 0) is 42.5 Å². The SMILES string of the molecule is CNC(=O)c1cccc(NC(=O)CCc2ccc(-c3ccccc3F)o2)c1. The molecule has 3 rings (SSSR count). The van der Waals surface area contributed by atoms with Crippen LogP contribution in [0.1, 0.15) is 22.5 Å². The number of furan rings is 1. The highest BCUT2D eigenvalue weighted by Crippen LogP contribution is 2.25. The number of nitrogens with one attached hydrogen (secondary N) is 2. The van der Waals surface area contributed by atoms with Gasteiger partial charge in [0.25, 0.3) is 5.91 Å². The van der Waals surface area contributed by atoms with E-state index in [0.717, 1.165) is 0 Å². The lowest BCUT2D eigenvalue weighted by Crippen LogP contribution is -2.18. The van der Waals surface area contributed by atoms with Gasteiger partial charge in [-0.2, -0.15) is 0 Å². The van der Waals surface area contributed by atoms with Crippen LogP contribution in [0.25, 0.3) is 11.3 Å². The molecule has 2 N–H and O–H groups in total. The van der Waals surface area contributed by atoms with Crippen LogP contribution in [0.5, 0.6) is 0 Å². The molecule has 0 atom stereocenters. The van der Waals surface area contributed by atoms with E-state index < -0.39 is 0 Å². The van der Waals surface area contributed by atoms with Crippen molar-refractivity contribution in [2.75, 3.05) is 12.4 Å². The average molecular weight is 366 g/mol. The van der Waals surface area contributed by atoms with Gasteiger partial charge in [0.1, 0.15) is 17.3 Å². The lowest BCUT2D eigenvalue weighted by Gasteiger charge is -2.06. The van der Waals surface area contributed by atoms with Gasteiger partial charge in [0.2, 0.25) is 5.91 Å². The Labute approximate surface area is 156 Å². The van der Waals surface area contributed by atoms with Crippen molar-refractivity contribution in [1.82, 2.24) is 5.32 Å². The van der Waals surface area contributed by atoms with Crippen LogP contribution in [0.15, 0.2) is 65.1 Å². The Balaban J connectivity index is 1.59. The molecule has 1 heterocycles. The molecule has 5 nitrogen and oxygen atoms in total. The molecule has 0 aliphatic rings. The Morgan fingerprint density at radius 3 is 2.63 bits per heavy atom. The number of rotatable bonds is 6. The molecule has 0 fully saturated rings. The molecule has 0 saturated heterocycles. The van der Waals surface area contributed by atoms with Gasteiger partial charge in [0.15, 0.2) is 0 Å². The smallest absolute Gasteiger partial charge is 0.251 e. The summed E-state index contributed by atoms with van der Waals surface area (Å²) >= 11 is 0. The summed E-state index contributed by atoms with van der Waals surface area (Å²) in [7, 11) is 1.55. The van der Waals surface area contributed by atoms with E-state index in [-0.39, 0.29) is 24.1 Å². The first-order chi connectivity index (χ1) is 13.1. The lowest BCUT2D eigenvalue weighted by molar-refractivity contribution is -0.116. The predicted octanol–water partition coefficient (Wildman–Crippen LogP) is 4.02. The summed E-state index contributed by atoms with van der Waals surface area (Å²) < 4.78 is 19.4. The number of anilines is 1. The van der Waals surface area contributed by atoms with E-state index in [2.05, 4.69) is 10.6 Å². The molecule has 0 aliphatic heterocycles. The molecule has 3 aromatic rings. The van der Waals surface area contributed by atoms with Gasteiger partial charge in [-0.1, -0.05) is 18.2 Å². The number of aryl methyl sites for hydroxylation is 1. The second-order valence-corrected chi connectivity index (χ2v) is 5.95. The van der Waals surface area contributed by atoms with Crippen LogP contribution < -0.4 is 10.6 Å². The monoisotopic (exact) mass is 366 g/mol. The fourth-order valence-electron chi connectivity index (χ4n) is 2.66. The second kappa shape index (κ2) is 8.31. The molecule has 0 unspecified atom stereocenters. The van der Waals surface area contributed by atoms with Gasteiger partial charge in [-0.15, -0.1) is 0 Å². The van der Waals surface area contributed by atoms with E-state index in [9.17, 15) is 14.0 Å². The molecule has 6 heteroatoms. The summed E-state index contributed by atoms with van der Waals surface area (Å²) in [6, 6.07) is 16.5. The number of carbonyl (C=O) groups excluding carboxylic acids is 2. The van der Waals surface area contributed by atoms with Crippen LogP contribution in [-0.4, -0.2) is 18.9 Å². The zero-order valence-corrected chi connectivity index (χ0v) is 14.8. The third-order valence-corrected chi connectivity index (χ3v) is 4.04. The zero-order valence-electron chi connectivity index (χ0n) is 14.8. The third kappa shape index (κ3) is 4.61. The van der Waals surface area contributed by atoms with Gasteiger partial charge in [0, 0.05) is 31.1 Å². The number of amides is 2. The topological polar surface area (TPSA) is 71.3 Å². The van der Waals surface area contributed by atoms with Crippen LogP contribution in [0.4, 0.5) is 10.1 Å². The van der Waals surface area contributed by atoms with Gasteiger partial charge in [-0.3, -0.25) is 9.59 Å². The Morgan fingerprint density at radius 1 is 1.04 bits per heavy atom. The van der Waals surface area contributed by atoms with E-state index in [1.54, 1.807) is 61.6 Å². The molecule has 0 spiro atoms. The van der Waals surface area contributed by atoms with Crippen molar-refractivity contribution < 1.29 is 18.4 Å². The van der Waals surface area contributed by atoms with Gasteiger partial charge in [-0.25, -0.2) is 4.39 Å². The Hall–Kier alpha value is -3.41. The Kier molecular flexibility index (Phi) is 5.66. The van der Waals surface area contributed by atoms with Crippen LogP contribution in [0.3, 0.4) is 0 Å². The summed E-state index contributed by atoms with van der Waals surface area (Å²) in [6.45, 7) is 0. The van der Waals surface area contributed by atoms with E-state index in [4.69, 9.17) is 4.42 Å². The largest absolute Gasteiger partial charge is 0.461 e. The molecule has 27 heavy (non-hydrogen) atoms. The van der Waals surface area contributed by atoms with Gasteiger partial charge >= 0.3 is 0 Å². The van der Waals surface area contributed by atoms with Gasteiger partial charge < -0.3 is 15.1 Å². The number of benzene rings is 2. The second-order valence-electron chi connectivity index (χ2n) is 5.95. The first-order valence-corrected chi connectivity index (χ1v) is 8.52. The maximum atomic E-state index is 13.8. The van der Waals surface area contributed by atoms with E-state index in [0.29, 0.717) is 34.8 Å². The minimum atomic E-state index is -0.354. The van der Waals surface area contributed by atoms with E-state index in [1.807, 2.05) is 0 Å². The van der Waals surface area contributed by atoms with Crippen molar-refractivity contribution in [2.24, 2.45) is 0 Å². The summed E-state index contributed by atoms with van der Waals surface area (Å²) in [5.41, 5.74) is 1.41. The van der Waals surface area contributed by atoms with Crippen molar-refractivity contribution in [3.05, 3.63) is 77.8 Å². The molecule has 0 saturated carbocycles. The standard InChI is InChI=1S/C21H19FN2O3/c1-23-21(26)14-5-4-6-15(13-14)24-20(25)12-10-16-9-11-19(27-16)17-7-2-3-8-18(17)22/h2-9,11,13H,10,12H2,1H3,(H,23,26)(H,24,25). The average Bonchev–Trinajstić information content (AvgIpc) is 3.15. The van der Waals surface area contributed by atoms with E-state index in [1.165, 1.54) is 6.07 Å². The van der Waals surface area contributed by atoms with Crippen LogP contribution in [0, 0.1) is 5.82 Å². The minimum Gasteiger partial charge on any atom is -0.461 e. The first-order valence-electron chi connectivity index (χ1n) is 8.52. The number of hydrogen-bond donors (Lipinski definition) is 2. The number of carbonyl (C=O) groups is 2. The molecule has 0 radical (unpaired) electrons. The molecule has 0 aliphatic carbocycles. The van der Waals surface area contributed by atoms with Crippen molar-refractivity contribution in [2.45, 2.75) is 12.8 Å². The van der Waals surface area contributed by atoms with Crippen LogP contribution in [0.2, 0.25) is 0 Å². The van der Waals surface area contributed by atoms with E-state index >= 15 is 0 Å². The first kappa shape index (κ1) is 18.4.